The molecule has 308 valence electrons. The van der Waals surface area contributed by atoms with Gasteiger partial charge in [0.2, 0.25) is 0 Å². The van der Waals surface area contributed by atoms with Gasteiger partial charge in [-0.25, -0.2) is 0 Å². The minimum absolute atomic E-state index is 0.129. The highest BCUT2D eigenvalue weighted by atomic mass is 16.5. The minimum atomic E-state index is 0.129. The average molecular weight is 729 g/mol. The zero-order chi connectivity index (χ0) is 37.0. The molecule has 4 N–H and O–H groups in total. The van der Waals surface area contributed by atoms with E-state index in [0.717, 1.165) is 78.6 Å². The van der Waals surface area contributed by atoms with Crippen LogP contribution in [0.3, 0.4) is 0 Å². The lowest BCUT2D eigenvalue weighted by atomic mass is 10.1. The van der Waals surface area contributed by atoms with Gasteiger partial charge in [0.25, 0.3) is 0 Å². The van der Waals surface area contributed by atoms with Crippen LogP contribution in [0.25, 0.3) is 0 Å². The predicted octanol–water partition coefficient (Wildman–Crippen LogP) is 9.20. The van der Waals surface area contributed by atoms with Crippen LogP contribution in [0.4, 0.5) is 0 Å². The van der Waals surface area contributed by atoms with Crippen molar-refractivity contribution in [2.45, 2.75) is 187 Å². The quantitative estimate of drug-likeness (QED) is 0.0462. The second kappa shape index (κ2) is 45.8. The van der Waals surface area contributed by atoms with Crippen molar-refractivity contribution in [1.29, 1.82) is 0 Å². The maximum atomic E-state index is 6.11. The van der Waals surface area contributed by atoms with Gasteiger partial charge in [-0.1, -0.05) is 155 Å². The molecule has 0 aromatic carbocycles. The zero-order valence-corrected chi connectivity index (χ0v) is 35.0. The van der Waals surface area contributed by atoms with Gasteiger partial charge in [-0.3, -0.25) is 0 Å². The van der Waals surface area contributed by atoms with Crippen LogP contribution in [-0.4, -0.2) is 105 Å². The number of nitrogens with one attached hydrogen (secondary N) is 4. The summed E-state index contributed by atoms with van der Waals surface area (Å²) < 4.78 is 23.4. The molecule has 0 aromatic heterocycles. The van der Waals surface area contributed by atoms with Crippen molar-refractivity contribution in [3.8, 4) is 0 Å². The third-order valence-corrected chi connectivity index (χ3v) is 9.73. The number of rotatable bonds is 46. The molecule has 0 spiro atoms. The van der Waals surface area contributed by atoms with Crippen molar-refractivity contribution in [3.05, 3.63) is 0 Å². The molecule has 2 atom stereocenters. The van der Waals surface area contributed by atoms with Gasteiger partial charge in [0, 0.05) is 79.3 Å². The van der Waals surface area contributed by atoms with Crippen molar-refractivity contribution in [2.75, 3.05) is 92.5 Å². The fourth-order valence-corrected chi connectivity index (χ4v) is 6.51. The molecule has 8 nitrogen and oxygen atoms in total. The van der Waals surface area contributed by atoms with Crippen LogP contribution in [0, 0.1) is 0 Å². The Labute approximate surface area is 319 Å². The lowest BCUT2D eigenvalue weighted by Crippen LogP contribution is -2.39. The molecular formula is C43H92N4O4. The van der Waals surface area contributed by atoms with E-state index in [9.17, 15) is 0 Å². The van der Waals surface area contributed by atoms with E-state index in [0.29, 0.717) is 13.2 Å². The van der Waals surface area contributed by atoms with Gasteiger partial charge in [-0.05, 0) is 19.8 Å². The maximum Gasteiger partial charge on any atom is 0.0932 e. The van der Waals surface area contributed by atoms with Gasteiger partial charge < -0.3 is 40.2 Å². The topological polar surface area (TPSA) is 85.0 Å². The fourth-order valence-electron chi connectivity index (χ4n) is 6.51. The molecule has 0 saturated carbocycles. The van der Waals surface area contributed by atoms with Gasteiger partial charge >= 0.3 is 0 Å². The van der Waals surface area contributed by atoms with Gasteiger partial charge in [0.05, 0.1) is 25.4 Å². The number of ether oxygens (including phenoxy) is 4. The molecule has 0 rings (SSSR count). The van der Waals surface area contributed by atoms with Gasteiger partial charge in [-0.15, -0.1) is 0 Å². The van der Waals surface area contributed by atoms with Crippen LogP contribution in [-0.2, 0) is 18.9 Å². The fraction of sp³-hybridized carbons (Fsp3) is 1.00. The highest BCUT2D eigenvalue weighted by Gasteiger charge is 2.09. The van der Waals surface area contributed by atoms with E-state index in [-0.39, 0.29) is 12.2 Å². The number of unbranched alkanes of at least 4 members (excludes halogenated alkanes) is 22. The number of hydrogen-bond donors (Lipinski definition) is 4. The Morgan fingerprint density at radius 1 is 0.373 bits per heavy atom. The molecule has 0 aliphatic rings. The molecule has 0 radical (unpaired) electrons. The summed E-state index contributed by atoms with van der Waals surface area (Å²) >= 11 is 0. The highest BCUT2D eigenvalue weighted by Crippen LogP contribution is 2.13. The predicted molar refractivity (Wildman–Crippen MR) is 221 cm³/mol. The summed E-state index contributed by atoms with van der Waals surface area (Å²) in [5.41, 5.74) is 0. The van der Waals surface area contributed by atoms with Crippen LogP contribution >= 0.6 is 0 Å². The van der Waals surface area contributed by atoms with Crippen LogP contribution in [0.5, 0.6) is 0 Å². The normalized spacial score (nSPS) is 12.9. The molecular weight excluding hydrogens is 636 g/mol. The SMILES string of the molecule is CCCCCCCCCCCCCCOCC(CNCCNCCNCCNCC(COC)OCCCCCCCCCCCCCC)OCC. The monoisotopic (exact) mass is 729 g/mol. The highest BCUT2D eigenvalue weighted by molar-refractivity contribution is 4.65. The summed E-state index contributed by atoms with van der Waals surface area (Å²) in [6.45, 7) is 17.8. The molecule has 0 saturated heterocycles. The Bertz CT molecular complexity index is 619. The van der Waals surface area contributed by atoms with Gasteiger partial charge in [0.1, 0.15) is 0 Å². The molecule has 2 unspecified atom stereocenters. The van der Waals surface area contributed by atoms with Gasteiger partial charge in [0.15, 0.2) is 0 Å². The third-order valence-electron chi connectivity index (χ3n) is 9.73. The van der Waals surface area contributed by atoms with Crippen molar-refractivity contribution >= 4 is 0 Å². The molecule has 8 heteroatoms. The molecule has 51 heavy (non-hydrogen) atoms. The lowest BCUT2D eigenvalue weighted by Gasteiger charge is -2.18. The average Bonchev–Trinajstić information content (AvgIpc) is 3.13. The van der Waals surface area contributed by atoms with E-state index in [1.165, 1.54) is 148 Å². The minimum Gasteiger partial charge on any atom is -0.382 e. The zero-order valence-electron chi connectivity index (χ0n) is 35.0. The first-order valence-electron chi connectivity index (χ1n) is 22.4. The van der Waals surface area contributed by atoms with E-state index in [1.54, 1.807) is 7.11 Å². The Morgan fingerprint density at radius 3 is 1.12 bits per heavy atom. The van der Waals surface area contributed by atoms with Crippen molar-refractivity contribution in [1.82, 2.24) is 21.3 Å². The molecule has 0 aliphatic carbocycles. The van der Waals surface area contributed by atoms with Crippen LogP contribution in [0.15, 0.2) is 0 Å². The summed E-state index contributed by atoms with van der Waals surface area (Å²) in [4.78, 5) is 0. The van der Waals surface area contributed by atoms with E-state index in [4.69, 9.17) is 18.9 Å². The van der Waals surface area contributed by atoms with E-state index >= 15 is 0 Å². The van der Waals surface area contributed by atoms with E-state index in [1.807, 2.05) is 0 Å². The second-order valence-corrected chi connectivity index (χ2v) is 14.8. The largest absolute Gasteiger partial charge is 0.382 e. The first-order valence-corrected chi connectivity index (χ1v) is 22.4. The third kappa shape index (κ3) is 42.3. The maximum absolute atomic E-state index is 6.11. The van der Waals surface area contributed by atoms with Gasteiger partial charge in [-0.2, -0.15) is 0 Å². The second-order valence-electron chi connectivity index (χ2n) is 14.8. The first kappa shape index (κ1) is 50.7. The van der Waals surface area contributed by atoms with E-state index < -0.39 is 0 Å². The Morgan fingerprint density at radius 2 is 0.725 bits per heavy atom. The number of hydrogen-bond acceptors (Lipinski definition) is 8. The van der Waals surface area contributed by atoms with Crippen LogP contribution in [0.2, 0.25) is 0 Å². The Kier molecular flexibility index (Phi) is 45.5. The molecule has 0 heterocycles. The van der Waals surface area contributed by atoms with Crippen LogP contribution < -0.4 is 21.3 Å². The molecule has 0 aromatic rings. The van der Waals surface area contributed by atoms with E-state index in [2.05, 4.69) is 42.0 Å². The molecule has 0 amide bonds. The standard InChI is InChI=1S/C43H92N4O4/c1-5-8-10-12-14-16-18-20-22-24-26-28-36-49-41-43(50-7-3)39-47-35-33-45-31-30-44-32-34-46-38-42(40-48-4)51-37-29-27-25-23-21-19-17-15-13-11-9-6-2/h42-47H,5-41H2,1-4H3. The molecule has 0 fully saturated rings. The molecule has 0 bridgehead atoms. The summed E-state index contributed by atoms with van der Waals surface area (Å²) in [5, 5.41) is 14.1. The summed E-state index contributed by atoms with van der Waals surface area (Å²) in [6, 6.07) is 0. The summed E-state index contributed by atoms with van der Waals surface area (Å²) in [7, 11) is 1.76. The van der Waals surface area contributed by atoms with Crippen molar-refractivity contribution in [2.24, 2.45) is 0 Å². The molecule has 0 aliphatic heterocycles. The lowest BCUT2D eigenvalue weighted by molar-refractivity contribution is -0.0113. The van der Waals surface area contributed by atoms with Crippen LogP contribution in [0.1, 0.15) is 175 Å². The summed E-state index contributed by atoms with van der Waals surface area (Å²) in [5.74, 6) is 0. The van der Waals surface area contributed by atoms with Crippen molar-refractivity contribution < 1.29 is 18.9 Å². The van der Waals surface area contributed by atoms with Crippen molar-refractivity contribution in [3.63, 3.8) is 0 Å². The first-order chi connectivity index (χ1) is 25.3. The number of methoxy groups -OCH3 is 1. The Balaban J connectivity index is 3.53. The smallest absolute Gasteiger partial charge is 0.0932 e. The summed E-state index contributed by atoms with van der Waals surface area (Å²) in [6.07, 6.45) is 33.2. The Hall–Kier alpha value is -0.320.